The Morgan fingerprint density at radius 1 is 1.32 bits per heavy atom. The van der Waals surface area contributed by atoms with Gasteiger partial charge in [-0.3, -0.25) is 14.1 Å². The van der Waals surface area contributed by atoms with Crippen LogP contribution in [0.2, 0.25) is 0 Å². The van der Waals surface area contributed by atoms with Crippen LogP contribution in [0.4, 0.5) is 5.69 Å². The van der Waals surface area contributed by atoms with E-state index in [1.54, 1.807) is 24.3 Å². The van der Waals surface area contributed by atoms with Crippen LogP contribution >= 0.6 is 0 Å². The first kappa shape index (κ1) is 12.7. The number of aromatic amines is 1. The fraction of sp³-hybridized carbons (Fsp3) is 0.167. The van der Waals surface area contributed by atoms with Gasteiger partial charge in [0.1, 0.15) is 0 Å². The highest BCUT2D eigenvalue weighted by Crippen LogP contribution is 2.09. The number of anilines is 1. The lowest BCUT2D eigenvalue weighted by Gasteiger charge is -2.02. The van der Waals surface area contributed by atoms with Crippen molar-refractivity contribution in [2.45, 2.75) is 13.5 Å². The normalized spacial score (nSPS) is 10.2. The summed E-state index contributed by atoms with van der Waals surface area (Å²) in [6.45, 7) is 1.40. The molecule has 1 aromatic carbocycles. The van der Waals surface area contributed by atoms with Gasteiger partial charge in [-0.25, -0.2) is 4.79 Å². The van der Waals surface area contributed by atoms with Gasteiger partial charge in [-0.15, -0.1) is 0 Å². The summed E-state index contributed by atoms with van der Waals surface area (Å²) in [4.78, 5) is 33.5. The molecule has 0 spiro atoms. The highest BCUT2D eigenvalue weighted by molar-refractivity contribution is 5.95. The zero-order chi connectivity index (χ0) is 13.8. The van der Waals surface area contributed by atoms with Gasteiger partial charge >= 0.3 is 5.63 Å². The topological polar surface area (TPSA) is 96.1 Å². The first-order chi connectivity index (χ1) is 9.04. The van der Waals surface area contributed by atoms with E-state index >= 15 is 0 Å². The Labute approximate surface area is 107 Å². The van der Waals surface area contributed by atoms with Gasteiger partial charge in [0.25, 0.3) is 18.6 Å². The molecule has 0 atom stereocenters. The molecule has 1 heterocycles. The molecule has 98 valence electrons. The van der Waals surface area contributed by atoms with E-state index in [-0.39, 0.29) is 18.2 Å². The summed E-state index contributed by atoms with van der Waals surface area (Å²) in [6.07, 6.45) is 1.14. The number of Topliss-reactive ketones (excluding diaryl/α,β-unsaturated/α-hetero) is 1. The Bertz CT molecular complexity index is 654. The predicted octanol–water partition coefficient (Wildman–Crippen LogP) is 0.0967. The van der Waals surface area contributed by atoms with Crippen LogP contribution in [0, 0.1) is 0 Å². The largest absolute Gasteiger partial charge is 0.426 e. The second kappa shape index (κ2) is 5.30. The van der Waals surface area contributed by atoms with Crippen molar-refractivity contribution in [3.8, 4) is 0 Å². The van der Waals surface area contributed by atoms with Gasteiger partial charge in [0.05, 0.1) is 0 Å². The number of benzene rings is 1. The highest BCUT2D eigenvalue weighted by atomic mass is 16.5. The number of amides is 1. The van der Waals surface area contributed by atoms with Crippen LogP contribution < -0.4 is 15.6 Å². The number of aromatic nitrogens is 2. The van der Waals surface area contributed by atoms with Crippen LogP contribution in [0.5, 0.6) is 0 Å². The smallest absolute Gasteiger partial charge is 0.321 e. The minimum Gasteiger partial charge on any atom is -0.321 e. The molecule has 0 aliphatic carbocycles. The van der Waals surface area contributed by atoms with Crippen molar-refractivity contribution in [3.63, 3.8) is 0 Å². The molecular formula is C12H12N3O4+. The number of ketones is 1. The first-order valence-corrected chi connectivity index (χ1v) is 5.53. The van der Waals surface area contributed by atoms with Crippen LogP contribution in [0.15, 0.2) is 39.8 Å². The summed E-state index contributed by atoms with van der Waals surface area (Å²) in [7, 11) is 0. The van der Waals surface area contributed by atoms with Gasteiger partial charge in [0.2, 0.25) is 0 Å². The molecule has 0 aliphatic heterocycles. The zero-order valence-corrected chi connectivity index (χ0v) is 10.2. The maximum atomic E-state index is 11.6. The zero-order valence-electron chi connectivity index (χ0n) is 10.2. The Hall–Kier alpha value is -2.70. The van der Waals surface area contributed by atoms with Crippen molar-refractivity contribution < 1.29 is 18.8 Å². The van der Waals surface area contributed by atoms with E-state index in [1.807, 2.05) is 0 Å². The van der Waals surface area contributed by atoms with E-state index in [0.717, 1.165) is 6.20 Å². The van der Waals surface area contributed by atoms with Gasteiger partial charge in [-0.05, 0) is 36.5 Å². The lowest BCUT2D eigenvalue weighted by molar-refractivity contribution is -0.750. The average Bonchev–Trinajstić information content (AvgIpc) is 2.75. The molecule has 2 aromatic rings. The monoisotopic (exact) mass is 262 g/mol. The van der Waals surface area contributed by atoms with E-state index in [0.29, 0.717) is 11.3 Å². The molecule has 0 aliphatic rings. The molecule has 1 aromatic heterocycles. The predicted molar refractivity (Wildman–Crippen MR) is 64.6 cm³/mol. The highest BCUT2D eigenvalue weighted by Gasteiger charge is 2.13. The molecule has 0 bridgehead atoms. The minimum absolute atomic E-state index is 0.0376. The average molecular weight is 262 g/mol. The SMILES string of the molecule is CC(=O)c1ccc(NC(=O)C[n+]2cc(=O)o[nH]2)cc1. The number of carbonyl (C=O) groups excluding carboxylic acids is 2. The standard InChI is InChI=1S/C12H11N3O4/c1-8(16)9-2-4-10(5-3-9)13-11(17)6-15-7-12(18)19-14-15/h2-5,7H,6H2,1H3,(H-,13,14,16,17,18)/p+1. The van der Waals surface area contributed by atoms with E-state index < -0.39 is 5.63 Å². The third-order valence-corrected chi connectivity index (χ3v) is 2.41. The third-order valence-electron chi connectivity index (χ3n) is 2.41. The van der Waals surface area contributed by atoms with Crippen molar-refractivity contribution in [1.29, 1.82) is 0 Å². The molecule has 0 saturated carbocycles. The van der Waals surface area contributed by atoms with E-state index in [9.17, 15) is 14.4 Å². The summed E-state index contributed by atoms with van der Waals surface area (Å²) in [5, 5.41) is 4.90. The number of H-pyrrole nitrogens is 1. The van der Waals surface area contributed by atoms with Gasteiger partial charge < -0.3 is 5.32 Å². The lowest BCUT2D eigenvalue weighted by atomic mass is 10.1. The second-order valence-electron chi connectivity index (χ2n) is 3.95. The Morgan fingerprint density at radius 2 is 2.00 bits per heavy atom. The summed E-state index contributed by atoms with van der Waals surface area (Å²) in [6, 6.07) is 6.53. The van der Waals surface area contributed by atoms with E-state index in [4.69, 9.17) is 0 Å². The molecule has 19 heavy (non-hydrogen) atoms. The number of carbonyl (C=O) groups is 2. The lowest BCUT2D eigenvalue weighted by Crippen LogP contribution is -2.41. The molecule has 7 heteroatoms. The maximum Gasteiger partial charge on any atom is 0.426 e. The summed E-state index contributed by atoms with van der Waals surface area (Å²) < 4.78 is 5.65. The van der Waals surface area contributed by atoms with Gasteiger partial charge in [-0.1, -0.05) is 4.68 Å². The van der Waals surface area contributed by atoms with Gasteiger partial charge in [-0.2, -0.15) is 0 Å². The van der Waals surface area contributed by atoms with Crippen LogP contribution in [0.1, 0.15) is 17.3 Å². The molecule has 0 saturated heterocycles. The fourth-order valence-electron chi connectivity index (χ4n) is 1.50. The third kappa shape index (κ3) is 3.38. The number of hydrogen-bond acceptors (Lipinski definition) is 4. The Morgan fingerprint density at radius 3 is 2.53 bits per heavy atom. The van der Waals surface area contributed by atoms with Crippen LogP contribution in [-0.4, -0.2) is 17.0 Å². The minimum atomic E-state index is -0.557. The van der Waals surface area contributed by atoms with Crippen molar-refractivity contribution in [1.82, 2.24) is 5.27 Å². The van der Waals surface area contributed by atoms with Crippen molar-refractivity contribution in [2.75, 3.05) is 5.32 Å². The van der Waals surface area contributed by atoms with Gasteiger partial charge in [0, 0.05) is 11.3 Å². The molecule has 7 nitrogen and oxygen atoms in total. The molecule has 2 N–H and O–H groups in total. The van der Waals surface area contributed by atoms with Gasteiger partial charge in [0.15, 0.2) is 5.78 Å². The Kier molecular flexibility index (Phi) is 3.56. The number of rotatable bonds is 4. The quantitative estimate of drug-likeness (QED) is 0.603. The van der Waals surface area contributed by atoms with E-state index in [1.165, 1.54) is 11.6 Å². The maximum absolute atomic E-state index is 11.6. The van der Waals surface area contributed by atoms with Crippen molar-refractivity contribution in [2.24, 2.45) is 0 Å². The molecule has 0 fully saturated rings. The van der Waals surface area contributed by atoms with Crippen LogP contribution in [0.25, 0.3) is 0 Å². The number of nitrogens with one attached hydrogen (secondary N) is 2. The number of nitrogens with zero attached hydrogens (tertiary/aromatic N) is 1. The summed E-state index contributed by atoms with van der Waals surface area (Å²) in [5.41, 5.74) is 0.589. The first-order valence-electron chi connectivity index (χ1n) is 5.53. The molecule has 0 radical (unpaired) electrons. The van der Waals surface area contributed by atoms with E-state index in [2.05, 4.69) is 15.1 Å². The van der Waals surface area contributed by atoms with Crippen molar-refractivity contribution >= 4 is 17.4 Å². The van der Waals surface area contributed by atoms with Crippen LogP contribution in [0.3, 0.4) is 0 Å². The molecule has 1 amide bonds. The molecule has 2 rings (SSSR count). The fourth-order valence-corrected chi connectivity index (χ4v) is 1.50. The molecule has 0 unspecified atom stereocenters. The molecular weight excluding hydrogens is 250 g/mol. The second-order valence-corrected chi connectivity index (χ2v) is 3.95. The van der Waals surface area contributed by atoms with Crippen LogP contribution in [-0.2, 0) is 11.3 Å². The Balaban J connectivity index is 1.98. The summed E-state index contributed by atoms with van der Waals surface area (Å²) >= 11 is 0. The number of hydrogen-bond donors (Lipinski definition) is 2. The van der Waals surface area contributed by atoms with Crippen molar-refractivity contribution in [3.05, 3.63) is 46.4 Å². The summed E-state index contributed by atoms with van der Waals surface area (Å²) in [5.74, 6) is -0.359.